The highest BCUT2D eigenvalue weighted by molar-refractivity contribution is 5.88. The second-order valence-corrected chi connectivity index (χ2v) is 3.91. The minimum absolute atomic E-state index is 0.0430. The third kappa shape index (κ3) is 2.54. The first-order valence-electron chi connectivity index (χ1n) is 5.00. The van der Waals surface area contributed by atoms with Gasteiger partial charge in [-0.05, 0) is 26.7 Å². The molecule has 1 fully saturated rings. The number of amides is 1. The van der Waals surface area contributed by atoms with E-state index in [1.807, 2.05) is 0 Å². The van der Waals surface area contributed by atoms with Gasteiger partial charge in [0.05, 0.1) is 18.6 Å². The number of Topliss-reactive ketones (excluding diaryl/α,β-unsaturated/α-hetero) is 1. The monoisotopic (exact) mass is 199 g/mol. The maximum absolute atomic E-state index is 11.6. The normalized spacial score (nSPS) is 23.6. The van der Waals surface area contributed by atoms with Gasteiger partial charge in [0.15, 0.2) is 5.78 Å². The molecule has 1 aliphatic heterocycles. The third-order valence-electron chi connectivity index (χ3n) is 2.51. The van der Waals surface area contributed by atoms with Crippen molar-refractivity contribution in [3.8, 4) is 0 Å². The fourth-order valence-electron chi connectivity index (χ4n) is 1.86. The summed E-state index contributed by atoms with van der Waals surface area (Å²) in [4.78, 5) is 24.4. The smallest absolute Gasteiger partial charge is 0.225 e. The van der Waals surface area contributed by atoms with Crippen molar-refractivity contribution >= 4 is 11.7 Å². The van der Waals surface area contributed by atoms with E-state index in [0.717, 1.165) is 12.8 Å². The van der Waals surface area contributed by atoms with E-state index in [9.17, 15) is 9.59 Å². The molecule has 4 nitrogen and oxygen atoms in total. The minimum Gasteiger partial charge on any atom is -0.393 e. The average Bonchev–Trinajstić information content (AvgIpc) is 2.49. The third-order valence-corrected chi connectivity index (χ3v) is 2.51. The maximum Gasteiger partial charge on any atom is 0.225 e. The van der Waals surface area contributed by atoms with Crippen molar-refractivity contribution in [3.63, 3.8) is 0 Å². The molecule has 0 aromatic heterocycles. The van der Waals surface area contributed by atoms with Gasteiger partial charge >= 0.3 is 0 Å². The first kappa shape index (κ1) is 11.2. The molecule has 1 saturated heterocycles. The summed E-state index contributed by atoms with van der Waals surface area (Å²) in [5.74, 6) is -0.0702. The molecule has 14 heavy (non-hydrogen) atoms. The molecule has 2 atom stereocenters. The van der Waals surface area contributed by atoms with Crippen molar-refractivity contribution in [2.45, 2.75) is 45.3 Å². The van der Waals surface area contributed by atoms with Crippen LogP contribution in [0.5, 0.6) is 0 Å². The van der Waals surface area contributed by atoms with Crippen molar-refractivity contribution in [2.75, 3.05) is 6.54 Å². The Labute approximate surface area is 83.9 Å². The molecule has 1 amide bonds. The Kier molecular flexibility index (Phi) is 3.63. The van der Waals surface area contributed by atoms with E-state index in [1.165, 1.54) is 6.92 Å². The van der Waals surface area contributed by atoms with E-state index in [0.29, 0.717) is 6.54 Å². The molecule has 0 aromatic carbocycles. The Balaban J connectivity index is 2.58. The number of carbonyl (C=O) groups is 2. The summed E-state index contributed by atoms with van der Waals surface area (Å²) in [6, 6.07) is -0.249. The number of hydrogen-bond acceptors (Lipinski definition) is 3. The van der Waals surface area contributed by atoms with Crippen LogP contribution in [0.25, 0.3) is 0 Å². The number of carbonyl (C=O) groups excluding carboxylic acids is 2. The van der Waals surface area contributed by atoms with E-state index in [2.05, 4.69) is 0 Å². The molecule has 0 bridgehead atoms. The van der Waals surface area contributed by atoms with Gasteiger partial charge in [-0.2, -0.15) is 0 Å². The number of likely N-dealkylation sites (tertiary alicyclic amines) is 1. The Bertz CT molecular complexity index is 238. The summed E-state index contributed by atoms with van der Waals surface area (Å²) in [5, 5.41) is 9.08. The highest BCUT2D eigenvalue weighted by atomic mass is 16.3. The van der Waals surface area contributed by atoms with E-state index in [4.69, 9.17) is 5.11 Å². The van der Waals surface area contributed by atoms with Crippen LogP contribution < -0.4 is 0 Å². The number of aliphatic hydroxyl groups is 1. The van der Waals surface area contributed by atoms with Crippen molar-refractivity contribution in [1.82, 2.24) is 4.90 Å². The molecule has 0 radical (unpaired) electrons. The predicted octanol–water partition coefficient (Wildman–Crippen LogP) is 0.337. The first-order valence-corrected chi connectivity index (χ1v) is 5.00. The van der Waals surface area contributed by atoms with Crippen LogP contribution in [-0.2, 0) is 9.59 Å². The molecule has 0 aromatic rings. The van der Waals surface area contributed by atoms with Crippen molar-refractivity contribution in [2.24, 2.45) is 0 Å². The summed E-state index contributed by atoms with van der Waals surface area (Å²) >= 11 is 0. The van der Waals surface area contributed by atoms with Gasteiger partial charge in [-0.3, -0.25) is 9.59 Å². The molecule has 1 rings (SSSR count). The first-order chi connectivity index (χ1) is 6.52. The number of hydrogen-bond donors (Lipinski definition) is 1. The molecule has 0 spiro atoms. The molecular weight excluding hydrogens is 182 g/mol. The Morgan fingerprint density at radius 1 is 1.57 bits per heavy atom. The Morgan fingerprint density at radius 2 is 2.21 bits per heavy atom. The van der Waals surface area contributed by atoms with Gasteiger partial charge in [0.25, 0.3) is 0 Å². The summed E-state index contributed by atoms with van der Waals surface area (Å²) in [6.07, 6.45) is 1.14. The van der Waals surface area contributed by atoms with Gasteiger partial charge in [-0.25, -0.2) is 0 Å². The lowest BCUT2D eigenvalue weighted by Gasteiger charge is -2.23. The second-order valence-electron chi connectivity index (χ2n) is 3.91. The van der Waals surface area contributed by atoms with Gasteiger partial charge in [0, 0.05) is 6.54 Å². The van der Waals surface area contributed by atoms with Crippen LogP contribution in [0.1, 0.15) is 33.1 Å². The summed E-state index contributed by atoms with van der Waals surface area (Å²) in [7, 11) is 0. The second kappa shape index (κ2) is 4.55. The summed E-state index contributed by atoms with van der Waals surface area (Å²) in [5.41, 5.74) is 0. The topological polar surface area (TPSA) is 57.6 Å². The van der Waals surface area contributed by atoms with Crippen LogP contribution >= 0.6 is 0 Å². The quantitative estimate of drug-likeness (QED) is 0.713. The molecule has 1 aliphatic rings. The van der Waals surface area contributed by atoms with Gasteiger partial charge < -0.3 is 10.0 Å². The van der Waals surface area contributed by atoms with Gasteiger partial charge in [-0.15, -0.1) is 0 Å². The zero-order valence-electron chi connectivity index (χ0n) is 8.69. The average molecular weight is 199 g/mol. The minimum atomic E-state index is -0.629. The molecule has 80 valence electrons. The molecular formula is C10H17NO3. The number of rotatable bonds is 3. The van der Waals surface area contributed by atoms with E-state index >= 15 is 0 Å². The predicted molar refractivity (Wildman–Crippen MR) is 51.7 cm³/mol. The molecule has 0 saturated carbocycles. The van der Waals surface area contributed by atoms with Crippen LogP contribution in [0.3, 0.4) is 0 Å². The lowest BCUT2D eigenvalue weighted by Crippen LogP contribution is -2.40. The highest BCUT2D eigenvalue weighted by Crippen LogP contribution is 2.19. The summed E-state index contributed by atoms with van der Waals surface area (Å²) in [6.45, 7) is 3.74. The number of nitrogens with zero attached hydrogens (tertiary/aromatic N) is 1. The molecule has 1 unspecified atom stereocenters. The fourth-order valence-corrected chi connectivity index (χ4v) is 1.86. The number of ketones is 1. The van der Waals surface area contributed by atoms with E-state index in [-0.39, 0.29) is 24.2 Å². The largest absolute Gasteiger partial charge is 0.393 e. The van der Waals surface area contributed by atoms with Crippen LogP contribution in [0.15, 0.2) is 0 Å². The SMILES string of the molecule is CC(=O)[C@H]1CCCN1C(=O)CC(C)O. The molecule has 1 N–H and O–H groups in total. The van der Waals surface area contributed by atoms with Crippen LogP contribution in [0, 0.1) is 0 Å². The zero-order valence-corrected chi connectivity index (χ0v) is 8.69. The molecule has 4 heteroatoms. The maximum atomic E-state index is 11.6. The zero-order chi connectivity index (χ0) is 10.7. The highest BCUT2D eigenvalue weighted by Gasteiger charge is 2.31. The van der Waals surface area contributed by atoms with Crippen LogP contribution in [-0.4, -0.2) is 40.4 Å². The van der Waals surface area contributed by atoms with E-state index in [1.54, 1.807) is 11.8 Å². The van der Waals surface area contributed by atoms with Crippen molar-refractivity contribution in [3.05, 3.63) is 0 Å². The van der Waals surface area contributed by atoms with Gasteiger partial charge in [-0.1, -0.05) is 0 Å². The Morgan fingerprint density at radius 3 is 2.71 bits per heavy atom. The standard InChI is InChI=1S/C10H17NO3/c1-7(12)6-10(14)11-5-3-4-9(11)8(2)13/h7,9,12H,3-6H2,1-2H3/t7?,9-/m1/s1. The lowest BCUT2D eigenvalue weighted by atomic mass is 10.1. The lowest BCUT2D eigenvalue weighted by molar-refractivity contribution is -0.138. The fraction of sp³-hybridized carbons (Fsp3) is 0.800. The van der Waals surface area contributed by atoms with Gasteiger partial charge in [0.1, 0.15) is 0 Å². The van der Waals surface area contributed by atoms with Crippen molar-refractivity contribution < 1.29 is 14.7 Å². The number of aliphatic hydroxyl groups excluding tert-OH is 1. The molecule has 0 aliphatic carbocycles. The summed E-state index contributed by atoms with van der Waals surface area (Å²) < 4.78 is 0. The van der Waals surface area contributed by atoms with E-state index < -0.39 is 6.10 Å². The van der Waals surface area contributed by atoms with Crippen molar-refractivity contribution in [1.29, 1.82) is 0 Å². The van der Waals surface area contributed by atoms with Crippen LogP contribution in [0.2, 0.25) is 0 Å². The van der Waals surface area contributed by atoms with Gasteiger partial charge in [0.2, 0.25) is 5.91 Å². The Hall–Kier alpha value is -0.900. The molecule has 1 heterocycles. The van der Waals surface area contributed by atoms with Crippen LogP contribution in [0.4, 0.5) is 0 Å².